The van der Waals surface area contributed by atoms with E-state index < -0.39 is 0 Å². The Bertz CT molecular complexity index is 972. The number of halogens is 2. The lowest BCUT2D eigenvalue weighted by Crippen LogP contribution is -2.17. The maximum atomic E-state index is 14.7. The van der Waals surface area contributed by atoms with Crippen LogP contribution in [0.25, 0.3) is 0 Å². The van der Waals surface area contributed by atoms with Crippen LogP contribution >= 0.6 is 11.6 Å². The summed E-state index contributed by atoms with van der Waals surface area (Å²) >= 11 is 6.36. The van der Waals surface area contributed by atoms with Gasteiger partial charge in [0, 0.05) is 35.9 Å². The Morgan fingerprint density at radius 3 is 2.42 bits per heavy atom. The van der Waals surface area contributed by atoms with Gasteiger partial charge in [0.25, 0.3) is 0 Å². The number of fused-ring (bicyclic) bond motifs is 1. The zero-order chi connectivity index (χ0) is 19.0. The van der Waals surface area contributed by atoms with Gasteiger partial charge in [-0.2, -0.15) is 0 Å². The molecule has 0 unspecified atom stereocenters. The quantitative estimate of drug-likeness (QED) is 0.846. The van der Waals surface area contributed by atoms with Crippen LogP contribution in [0.3, 0.4) is 0 Å². The minimum absolute atomic E-state index is 0.171. The van der Waals surface area contributed by atoms with Gasteiger partial charge in [0.1, 0.15) is 11.5 Å². The molecule has 0 amide bonds. The van der Waals surface area contributed by atoms with Crippen LogP contribution in [0.1, 0.15) is 18.1 Å². The Morgan fingerprint density at radius 1 is 1.12 bits per heavy atom. The van der Waals surface area contributed by atoms with Crippen LogP contribution < -0.4 is 16.4 Å². The van der Waals surface area contributed by atoms with E-state index in [1.165, 1.54) is 6.07 Å². The maximum absolute atomic E-state index is 14.7. The molecule has 0 saturated heterocycles. The molecule has 7 heteroatoms. The largest absolute Gasteiger partial charge is 0.400 e. The van der Waals surface area contributed by atoms with Crippen molar-refractivity contribution in [1.29, 1.82) is 0 Å². The number of hydrogen-bond acceptors (Lipinski definition) is 5. The van der Waals surface area contributed by atoms with Crippen molar-refractivity contribution >= 4 is 34.5 Å². The smallest absolute Gasteiger partial charge is 0.151 e. The molecule has 5 nitrogen and oxygen atoms in total. The Hall–Kier alpha value is -2.86. The highest BCUT2D eigenvalue weighted by Gasteiger charge is 2.23. The number of anilines is 1. The van der Waals surface area contributed by atoms with Crippen molar-refractivity contribution in [2.45, 2.75) is 6.92 Å². The molecule has 134 valence electrons. The van der Waals surface area contributed by atoms with Gasteiger partial charge in [0.2, 0.25) is 0 Å². The summed E-state index contributed by atoms with van der Waals surface area (Å²) in [6.07, 6.45) is 0. The van der Waals surface area contributed by atoms with E-state index in [0.29, 0.717) is 44.6 Å². The summed E-state index contributed by atoms with van der Waals surface area (Å²) in [4.78, 5) is 10.7. The molecule has 2 aromatic carbocycles. The lowest BCUT2D eigenvalue weighted by atomic mass is 9.99. The minimum atomic E-state index is -0.390. The van der Waals surface area contributed by atoms with Gasteiger partial charge >= 0.3 is 0 Å². The van der Waals surface area contributed by atoms with Gasteiger partial charge in [-0.3, -0.25) is 0 Å². The molecular formula is C19H19ClFN5. The van der Waals surface area contributed by atoms with E-state index >= 15 is 0 Å². The topological polar surface area (TPSA) is 80.0 Å². The SMILES string of the molecule is CC(N)=C1N=C(c2ccccc2Cl)c2cc(F)c(N(C)C)cc2N=C1N. The molecule has 1 heterocycles. The van der Waals surface area contributed by atoms with E-state index in [1.807, 2.05) is 18.2 Å². The average Bonchev–Trinajstić information content (AvgIpc) is 2.71. The number of benzene rings is 2. The predicted octanol–water partition coefficient (Wildman–Crippen LogP) is 3.58. The standard InChI is InChI=1S/C19H19ClFN5/c1-10(22)17-19(23)24-15-9-16(26(2)3)14(21)8-12(15)18(25-17)11-6-4-5-7-13(11)20/h4-9H,22H2,1-3H3,(H2,23,24). The summed E-state index contributed by atoms with van der Waals surface area (Å²) in [5.74, 6) is -0.219. The lowest BCUT2D eigenvalue weighted by Gasteiger charge is -2.17. The first-order valence-corrected chi connectivity index (χ1v) is 8.33. The molecule has 0 fully saturated rings. The first-order valence-electron chi connectivity index (χ1n) is 7.95. The fourth-order valence-electron chi connectivity index (χ4n) is 2.74. The van der Waals surface area contributed by atoms with E-state index in [1.54, 1.807) is 38.1 Å². The molecule has 26 heavy (non-hydrogen) atoms. The average molecular weight is 372 g/mol. The minimum Gasteiger partial charge on any atom is -0.400 e. The molecule has 0 spiro atoms. The van der Waals surface area contributed by atoms with Crippen LogP contribution in [-0.2, 0) is 0 Å². The Morgan fingerprint density at radius 2 is 1.81 bits per heavy atom. The highest BCUT2D eigenvalue weighted by molar-refractivity contribution is 6.36. The summed E-state index contributed by atoms with van der Waals surface area (Å²) in [6.45, 7) is 1.69. The number of nitrogens with two attached hydrogens (primary N) is 2. The summed E-state index contributed by atoms with van der Waals surface area (Å²) in [5, 5.41) is 0.490. The molecule has 0 saturated carbocycles. The van der Waals surface area contributed by atoms with Crippen LogP contribution in [0.2, 0.25) is 5.02 Å². The second kappa shape index (κ2) is 6.80. The number of hydrogen-bond donors (Lipinski definition) is 2. The molecular weight excluding hydrogens is 353 g/mol. The molecule has 0 aromatic heterocycles. The monoisotopic (exact) mass is 371 g/mol. The molecule has 3 rings (SSSR count). The molecule has 4 N–H and O–H groups in total. The van der Waals surface area contributed by atoms with E-state index in [9.17, 15) is 4.39 Å². The third-order valence-electron chi connectivity index (χ3n) is 4.01. The molecule has 0 bridgehead atoms. The maximum Gasteiger partial charge on any atom is 0.151 e. The summed E-state index contributed by atoms with van der Waals surface area (Å²) < 4.78 is 14.7. The molecule has 0 radical (unpaired) electrons. The van der Waals surface area contributed by atoms with Gasteiger partial charge in [-0.25, -0.2) is 14.4 Å². The zero-order valence-electron chi connectivity index (χ0n) is 14.7. The predicted molar refractivity (Wildman–Crippen MR) is 106 cm³/mol. The summed E-state index contributed by atoms with van der Waals surface area (Å²) in [6, 6.07) is 10.2. The zero-order valence-corrected chi connectivity index (χ0v) is 15.5. The van der Waals surface area contributed by atoms with E-state index in [0.717, 1.165) is 0 Å². The molecule has 0 atom stereocenters. The lowest BCUT2D eigenvalue weighted by molar-refractivity contribution is 0.626. The molecule has 1 aliphatic rings. The van der Waals surface area contributed by atoms with E-state index in [2.05, 4.69) is 9.98 Å². The second-order valence-corrected chi connectivity index (χ2v) is 6.59. The number of rotatable bonds is 2. The van der Waals surface area contributed by atoms with Crippen molar-refractivity contribution in [3.05, 3.63) is 69.8 Å². The van der Waals surface area contributed by atoms with Crippen molar-refractivity contribution in [2.75, 3.05) is 19.0 Å². The van der Waals surface area contributed by atoms with Gasteiger partial charge in [0.05, 0.1) is 17.1 Å². The van der Waals surface area contributed by atoms with Gasteiger partial charge in [-0.1, -0.05) is 29.8 Å². The Labute approximate surface area is 156 Å². The molecule has 1 aliphatic heterocycles. The fraction of sp³-hybridized carbons (Fsp3) is 0.158. The third-order valence-corrected chi connectivity index (χ3v) is 4.34. The normalized spacial score (nSPS) is 15.6. The van der Waals surface area contributed by atoms with Crippen LogP contribution in [0, 0.1) is 5.82 Å². The molecule has 0 aliphatic carbocycles. The van der Waals surface area contributed by atoms with Crippen molar-refractivity contribution < 1.29 is 4.39 Å². The number of amidine groups is 1. The van der Waals surface area contributed by atoms with Crippen LogP contribution in [0.15, 0.2) is 57.8 Å². The van der Waals surface area contributed by atoms with Crippen LogP contribution in [-0.4, -0.2) is 25.6 Å². The highest BCUT2D eigenvalue weighted by Crippen LogP contribution is 2.34. The van der Waals surface area contributed by atoms with Crippen LogP contribution in [0.5, 0.6) is 0 Å². The van der Waals surface area contributed by atoms with E-state index in [4.69, 9.17) is 23.1 Å². The van der Waals surface area contributed by atoms with Crippen molar-refractivity contribution in [1.82, 2.24) is 0 Å². The number of aliphatic imine (C=N–C) groups is 2. The number of allylic oxidation sites excluding steroid dienone is 1. The Balaban J connectivity index is 2.38. The Kier molecular flexibility index (Phi) is 4.70. The first-order chi connectivity index (χ1) is 12.3. The van der Waals surface area contributed by atoms with Crippen molar-refractivity contribution in [3.63, 3.8) is 0 Å². The summed E-state index contributed by atoms with van der Waals surface area (Å²) in [7, 11) is 3.51. The van der Waals surface area contributed by atoms with Gasteiger partial charge in [-0.15, -0.1) is 0 Å². The third kappa shape index (κ3) is 3.15. The highest BCUT2D eigenvalue weighted by atomic mass is 35.5. The van der Waals surface area contributed by atoms with Gasteiger partial charge in [-0.05, 0) is 25.1 Å². The first kappa shape index (κ1) is 17.9. The van der Waals surface area contributed by atoms with Crippen molar-refractivity contribution in [2.24, 2.45) is 21.5 Å². The van der Waals surface area contributed by atoms with Crippen molar-refractivity contribution in [3.8, 4) is 0 Å². The van der Waals surface area contributed by atoms with E-state index in [-0.39, 0.29) is 11.7 Å². The second-order valence-electron chi connectivity index (χ2n) is 6.18. The van der Waals surface area contributed by atoms with Gasteiger partial charge in [0.15, 0.2) is 5.84 Å². The number of nitrogens with zero attached hydrogens (tertiary/aromatic N) is 3. The van der Waals surface area contributed by atoms with Crippen LogP contribution in [0.4, 0.5) is 15.8 Å². The fourth-order valence-corrected chi connectivity index (χ4v) is 2.96. The van der Waals surface area contributed by atoms with Gasteiger partial charge < -0.3 is 16.4 Å². The molecule has 2 aromatic rings. The summed E-state index contributed by atoms with van der Waals surface area (Å²) in [5.41, 5.74) is 15.3.